The van der Waals surface area contributed by atoms with E-state index in [2.05, 4.69) is 54.0 Å². The smallest absolute Gasteiger partial charge is 0.0692 e. The molecular weight excluding hydrogens is 308 g/mol. The van der Waals surface area contributed by atoms with Crippen molar-refractivity contribution in [3.8, 4) is 0 Å². The van der Waals surface area contributed by atoms with E-state index in [0.29, 0.717) is 0 Å². The predicted octanol–water partition coefficient (Wildman–Crippen LogP) is 4.71. The first-order valence-corrected chi connectivity index (χ1v) is 7.35. The van der Waals surface area contributed by atoms with E-state index in [4.69, 9.17) is 5.11 Å². The first-order valence-electron chi connectivity index (χ1n) is 5.74. The van der Waals surface area contributed by atoms with Crippen LogP contribution in [0.5, 0.6) is 0 Å². The summed E-state index contributed by atoms with van der Waals surface area (Å²) in [6, 6.07) is 12.5. The first-order chi connectivity index (χ1) is 8.60. The molecule has 0 heterocycles. The Morgan fingerprint density at radius 3 is 2.56 bits per heavy atom. The Bertz CT molecular complexity index is 566. The molecule has 3 heteroatoms. The van der Waals surface area contributed by atoms with Crippen molar-refractivity contribution in [2.75, 3.05) is 0 Å². The lowest BCUT2D eigenvalue weighted by Crippen LogP contribution is -1.86. The highest BCUT2D eigenvalue weighted by Crippen LogP contribution is 2.33. The molecule has 0 saturated heterocycles. The lowest BCUT2D eigenvalue weighted by Gasteiger charge is -2.08. The van der Waals surface area contributed by atoms with Gasteiger partial charge in [0.1, 0.15) is 0 Å². The van der Waals surface area contributed by atoms with Gasteiger partial charge in [-0.25, -0.2) is 0 Å². The summed E-state index contributed by atoms with van der Waals surface area (Å²) in [5.74, 6) is 0. The average molecular weight is 323 g/mol. The predicted molar refractivity (Wildman–Crippen MR) is 80.1 cm³/mol. The van der Waals surface area contributed by atoms with Gasteiger partial charge in [0.2, 0.25) is 0 Å². The Balaban J connectivity index is 2.28. The van der Waals surface area contributed by atoms with Crippen LogP contribution < -0.4 is 0 Å². The number of rotatable bonds is 3. The second-order valence-corrected chi connectivity index (χ2v) is 6.25. The summed E-state index contributed by atoms with van der Waals surface area (Å²) < 4.78 is 0.959. The molecule has 2 aromatic rings. The van der Waals surface area contributed by atoms with Crippen LogP contribution in [0, 0.1) is 13.8 Å². The minimum Gasteiger partial charge on any atom is -0.392 e. The number of hydrogen-bond donors (Lipinski definition) is 1. The third-order valence-electron chi connectivity index (χ3n) is 2.77. The highest BCUT2D eigenvalue weighted by atomic mass is 79.9. The van der Waals surface area contributed by atoms with E-state index in [0.717, 1.165) is 10.0 Å². The van der Waals surface area contributed by atoms with Crippen LogP contribution >= 0.6 is 27.7 Å². The first kappa shape index (κ1) is 13.7. The SMILES string of the molecule is Cc1ccc(C)c(Sc2ccc(CO)c(Br)c2)c1. The molecule has 0 aliphatic rings. The van der Waals surface area contributed by atoms with Gasteiger partial charge in [-0.15, -0.1) is 0 Å². The van der Waals surface area contributed by atoms with E-state index < -0.39 is 0 Å². The molecule has 2 aromatic carbocycles. The summed E-state index contributed by atoms with van der Waals surface area (Å²) in [6.45, 7) is 4.29. The highest BCUT2D eigenvalue weighted by molar-refractivity contribution is 9.10. The third kappa shape index (κ3) is 3.16. The Hall–Kier alpha value is -0.770. The maximum atomic E-state index is 9.14. The largest absolute Gasteiger partial charge is 0.392 e. The van der Waals surface area contributed by atoms with Gasteiger partial charge in [-0.2, -0.15) is 0 Å². The third-order valence-corrected chi connectivity index (χ3v) is 4.65. The fraction of sp³-hybridized carbons (Fsp3) is 0.200. The van der Waals surface area contributed by atoms with Crippen molar-refractivity contribution in [2.45, 2.75) is 30.2 Å². The molecule has 1 nitrogen and oxygen atoms in total. The van der Waals surface area contributed by atoms with E-state index in [-0.39, 0.29) is 6.61 Å². The van der Waals surface area contributed by atoms with Crippen LogP contribution in [0.1, 0.15) is 16.7 Å². The second kappa shape index (κ2) is 5.91. The topological polar surface area (TPSA) is 20.2 Å². The van der Waals surface area contributed by atoms with E-state index in [1.165, 1.54) is 20.9 Å². The van der Waals surface area contributed by atoms with Crippen LogP contribution in [0.2, 0.25) is 0 Å². The summed E-state index contributed by atoms with van der Waals surface area (Å²) in [7, 11) is 0. The molecule has 18 heavy (non-hydrogen) atoms. The number of hydrogen-bond acceptors (Lipinski definition) is 2. The number of aliphatic hydroxyl groups is 1. The molecule has 0 radical (unpaired) electrons. The standard InChI is InChI=1S/C15H15BrOS/c1-10-3-4-11(2)15(7-10)18-13-6-5-12(9-17)14(16)8-13/h3-8,17H,9H2,1-2H3. The molecule has 0 spiro atoms. The van der Waals surface area contributed by atoms with Crippen molar-refractivity contribution in [2.24, 2.45) is 0 Å². The van der Waals surface area contributed by atoms with Crippen molar-refractivity contribution in [3.05, 3.63) is 57.6 Å². The Morgan fingerprint density at radius 1 is 1.11 bits per heavy atom. The fourth-order valence-corrected chi connectivity index (χ4v) is 3.36. The molecule has 0 atom stereocenters. The van der Waals surface area contributed by atoms with Crippen molar-refractivity contribution in [3.63, 3.8) is 0 Å². The lowest BCUT2D eigenvalue weighted by atomic mass is 10.2. The summed E-state index contributed by atoms with van der Waals surface area (Å²) >= 11 is 5.23. The van der Waals surface area contributed by atoms with Gasteiger partial charge >= 0.3 is 0 Å². The summed E-state index contributed by atoms with van der Waals surface area (Å²) in [6.07, 6.45) is 0. The minimum atomic E-state index is 0.0645. The van der Waals surface area contributed by atoms with Crippen LogP contribution in [0.25, 0.3) is 0 Å². The number of aryl methyl sites for hydroxylation is 2. The van der Waals surface area contributed by atoms with Gasteiger partial charge in [-0.3, -0.25) is 0 Å². The molecule has 0 unspecified atom stereocenters. The van der Waals surface area contributed by atoms with Crippen molar-refractivity contribution >= 4 is 27.7 Å². The molecule has 0 aliphatic heterocycles. The number of aliphatic hydroxyl groups excluding tert-OH is 1. The Labute approximate surface area is 120 Å². The molecule has 0 aliphatic carbocycles. The molecule has 0 aromatic heterocycles. The average Bonchev–Trinajstić information content (AvgIpc) is 2.34. The summed E-state index contributed by atoms with van der Waals surface area (Å²) in [5.41, 5.74) is 3.47. The van der Waals surface area contributed by atoms with Gasteiger partial charge < -0.3 is 5.11 Å². The van der Waals surface area contributed by atoms with Crippen molar-refractivity contribution < 1.29 is 5.11 Å². The van der Waals surface area contributed by atoms with E-state index >= 15 is 0 Å². The number of halogens is 1. The van der Waals surface area contributed by atoms with Gasteiger partial charge in [-0.1, -0.05) is 45.9 Å². The van der Waals surface area contributed by atoms with E-state index in [1.54, 1.807) is 11.8 Å². The van der Waals surface area contributed by atoms with Crippen molar-refractivity contribution in [1.82, 2.24) is 0 Å². The quantitative estimate of drug-likeness (QED) is 0.883. The van der Waals surface area contributed by atoms with E-state index in [9.17, 15) is 0 Å². The minimum absolute atomic E-state index is 0.0645. The zero-order chi connectivity index (χ0) is 13.1. The second-order valence-electron chi connectivity index (χ2n) is 4.28. The van der Waals surface area contributed by atoms with Crippen molar-refractivity contribution in [1.29, 1.82) is 0 Å². The summed E-state index contributed by atoms with van der Waals surface area (Å²) in [4.78, 5) is 2.45. The molecule has 0 fully saturated rings. The molecule has 1 N–H and O–H groups in total. The zero-order valence-corrected chi connectivity index (χ0v) is 12.8. The van der Waals surface area contributed by atoms with Crippen LogP contribution in [0.15, 0.2) is 50.7 Å². The van der Waals surface area contributed by atoms with Gasteiger partial charge in [-0.05, 0) is 48.7 Å². The molecule has 94 valence electrons. The van der Waals surface area contributed by atoms with Crippen LogP contribution in [0.4, 0.5) is 0 Å². The number of benzene rings is 2. The highest BCUT2D eigenvalue weighted by Gasteiger charge is 2.04. The molecule has 2 rings (SSSR count). The normalized spacial score (nSPS) is 10.7. The summed E-state index contributed by atoms with van der Waals surface area (Å²) in [5, 5.41) is 9.14. The fourth-order valence-electron chi connectivity index (χ4n) is 1.66. The molecular formula is C15H15BrOS. The van der Waals surface area contributed by atoms with Gasteiger partial charge in [0.15, 0.2) is 0 Å². The maximum Gasteiger partial charge on any atom is 0.0692 e. The van der Waals surface area contributed by atoms with Crippen LogP contribution in [-0.4, -0.2) is 5.11 Å². The van der Waals surface area contributed by atoms with Gasteiger partial charge in [0.25, 0.3) is 0 Å². The molecule has 0 amide bonds. The lowest BCUT2D eigenvalue weighted by molar-refractivity contribution is 0.281. The maximum absolute atomic E-state index is 9.14. The monoisotopic (exact) mass is 322 g/mol. The van der Waals surface area contributed by atoms with Gasteiger partial charge in [0, 0.05) is 14.3 Å². The van der Waals surface area contributed by atoms with E-state index in [1.807, 2.05) is 12.1 Å². The van der Waals surface area contributed by atoms with Crippen LogP contribution in [-0.2, 0) is 6.61 Å². The Kier molecular flexibility index (Phi) is 4.49. The Morgan fingerprint density at radius 2 is 1.89 bits per heavy atom. The van der Waals surface area contributed by atoms with Crippen LogP contribution in [0.3, 0.4) is 0 Å². The molecule has 0 saturated carbocycles. The molecule has 0 bridgehead atoms. The zero-order valence-electron chi connectivity index (χ0n) is 10.4. The van der Waals surface area contributed by atoms with Gasteiger partial charge in [0.05, 0.1) is 6.61 Å².